The molecule has 1 aromatic heterocycles. The first-order valence-corrected chi connectivity index (χ1v) is 10.2. The molecule has 0 spiro atoms. The van der Waals surface area contributed by atoms with Crippen molar-refractivity contribution in [3.8, 4) is 5.75 Å². The van der Waals surface area contributed by atoms with Gasteiger partial charge in [0.2, 0.25) is 5.76 Å². The first kappa shape index (κ1) is 19.7. The number of nitrogens with zero attached hydrogens (tertiary/aromatic N) is 2. The predicted molar refractivity (Wildman–Crippen MR) is 111 cm³/mol. The topological polar surface area (TPSA) is 83.2 Å². The molecule has 7 nitrogen and oxygen atoms in total. The Morgan fingerprint density at radius 1 is 1.06 bits per heavy atom. The Morgan fingerprint density at radius 3 is 2.65 bits per heavy atom. The van der Waals surface area contributed by atoms with Crippen molar-refractivity contribution in [2.75, 3.05) is 39.4 Å². The van der Waals surface area contributed by atoms with E-state index in [1.807, 2.05) is 0 Å². The summed E-state index contributed by atoms with van der Waals surface area (Å²) in [5, 5.41) is 10.1. The SMILES string of the molecule is O=C1c2oc3ccc(F)cc3c(=O)c2C(c2cccc(O)c2)N1CCN1CCOCC1. The van der Waals surface area contributed by atoms with Gasteiger partial charge < -0.3 is 19.2 Å². The van der Waals surface area contributed by atoms with Crippen LogP contribution in [0.2, 0.25) is 0 Å². The highest BCUT2D eigenvalue weighted by atomic mass is 19.1. The number of ether oxygens (including phenoxy) is 1. The van der Waals surface area contributed by atoms with Crippen LogP contribution in [-0.2, 0) is 4.74 Å². The van der Waals surface area contributed by atoms with Crippen LogP contribution in [0.5, 0.6) is 5.75 Å². The highest BCUT2D eigenvalue weighted by Crippen LogP contribution is 2.38. The van der Waals surface area contributed by atoms with Gasteiger partial charge in [-0.25, -0.2) is 4.39 Å². The molecule has 3 heterocycles. The van der Waals surface area contributed by atoms with Crippen molar-refractivity contribution in [1.29, 1.82) is 0 Å². The zero-order valence-electron chi connectivity index (χ0n) is 16.7. The van der Waals surface area contributed by atoms with Crippen LogP contribution in [0, 0.1) is 5.82 Å². The van der Waals surface area contributed by atoms with E-state index >= 15 is 0 Å². The van der Waals surface area contributed by atoms with E-state index in [4.69, 9.17) is 9.15 Å². The van der Waals surface area contributed by atoms with E-state index in [9.17, 15) is 19.1 Å². The number of benzene rings is 2. The molecule has 2 aliphatic heterocycles. The van der Waals surface area contributed by atoms with Crippen molar-refractivity contribution in [3.63, 3.8) is 0 Å². The van der Waals surface area contributed by atoms with Gasteiger partial charge in [-0.3, -0.25) is 14.5 Å². The lowest BCUT2D eigenvalue weighted by molar-refractivity contribution is 0.0314. The van der Waals surface area contributed by atoms with Gasteiger partial charge in [-0.15, -0.1) is 0 Å². The molecule has 1 saturated heterocycles. The van der Waals surface area contributed by atoms with E-state index in [-0.39, 0.29) is 33.9 Å². The number of carbonyl (C=O) groups excluding carboxylic acids is 1. The lowest BCUT2D eigenvalue weighted by atomic mass is 9.98. The van der Waals surface area contributed by atoms with Crippen molar-refractivity contribution >= 4 is 16.9 Å². The summed E-state index contributed by atoms with van der Waals surface area (Å²) in [6.07, 6.45) is 0. The minimum atomic E-state index is -0.723. The summed E-state index contributed by atoms with van der Waals surface area (Å²) in [4.78, 5) is 30.4. The molecule has 2 aromatic carbocycles. The lowest BCUT2D eigenvalue weighted by Gasteiger charge is -2.31. The Labute approximate surface area is 177 Å². The number of carbonyl (C=O) groups is 1. The van der Waals surface area contributed by atoms with Gasteiger partial charge in [-0.05, 0) is 35.9 Å². The maximum absolute atomic E-state index is 13.8. The second-order valence-electron chi connectivity index (χ2n) is 7.76. The van der Waals surface area contributed by atoms with E-state index in [0.29, 0.717) is 31.9 Å². The van der Waals surface area contributed by atoms with Crippen LogP contribution in [0.3, 0.4) is 0 Å². The Morgan fingerprint density at radius 2 is 1.87 bits per heavy atom. The molecule has 1 N–H and O–H groups in total. The zero-order chi connectivity index (χ0) is 21.5. The molecule has 3 aromatic rings. The standard InChI is InChI=1S/C23H21FN2O5/c24-15-4-5-18-17(13-15)21(28)19-20(14-2-1-3-16(27)12-14)26(23(29)22(19)31-18)7-6-25-8-10-30-11-9-25/h1-5,12-13,20,27H,6-11H2. The Kier molecular flexibility index (Phi) is 4.95. The molecule has 1 fully saturated rings. The van der Waals surface area contributed by atoms with E-state index in [1.54, 1.807) is 17.0 Å². The third kappa shape index (κ3) is 3.47. The molecule has 5 rings (SSSR count). The number of rotatable bonds is 4. The van der Waals surface area contributed by atoms with Crippen LogP contribution in [0.25, 0.3) is 11.0 Å². The average Bonchev–Trinajstić information content (AvgIpc) is 3.05. The number of hydrogen-bond donors (Lipinski definition) is 1. The van der Waals surface area contributed by atoms with Crippen LogP contribution in [0.15, 0.2) is 51.7 Å². The second-order valence-corrected chi connectivity index (χ2v) is 7.76. The number of hydrogen-bond acceptors (Lipinski definition) is 6. The van der Waals surface area contributed by atoms with Crippen molar-refractivity contribution < 1.29 is 23.4 Å². The van der Waals surface area contributed by atoms with Gasteiger partial charge in [-0.1, -0.05) is 12.1 Å². The first-order chi connectivity index (χ1) is 15.0. The maximum atomic E-state index is 13.8. The number of aromatic hydroxyl groups is 1. The number of amides is 1. The van der Waals surface area contributed by atoms with Gasteiger partial charge in [0.15, 0.2) is 5.43 Å². The quantitative estimate of drug-likeness (QED) is 0.693. The smallest absolute Gasteiger partial charge is 0.290 e. The third-order valence-electron chi connectivity index (χ3n) is 5.87. The minimum absolute atomic E-state index is 0.0283. The van der Waals surface area contributed by atoms with Crippen LogP contribution >= 0.6 is 0 Å². The Hall–Kier alpha value is -3.23. The van der Waals surface area contributed by atoms with Crippen molar-refractivity contribution in [1.82, 2.24) is 9.80 Å². The molecule has 1 unspecified atom stereocenters. The molecule has 0 aliphatic carbocycles. The van der Waals surface area contributed by atoms with Gasteiger partial charge in [0, 0.05) is 26.2 Å². The first-order valence-electron chi connectivity index (χ1n) is 10.2. The van der Waals surface area contributed by atoms with Gasteiger partial charge in [0.25, 0.3) is 5.91 Å². The maximum Gasteiger partial charge on any atom is 0.290 e. The van der Waals surface area contributed by atoms with Gasteiger partial charge in [0.1, 0.15) is 17.1 Å². The van der Waals surface area contributed by atoms with Crippen molar-refractivity contribution in [3.05, 3.63) is 75.4 Å². The molecule has 0 bridgehead atoms. The van der Waals surface area contributed by atoms with Crippen LogP contribution in [0.4, 0.5) is 4.39 Å². The summed E-state index contributed by atoms with van der Waals surface area (Å²) in [5.41, 5.74) is 0.502. The van der Waals surface area contributed by atoms with Gasteiger partial charge in [-0.2, -0.15) is 0 Å². The summed E-state index contributed by atoms with van der Waals surface area (Å²) >= 11 is 0. The van der Waals surface area contributed by atoms with E-state index in [1.165, 1.54) is 24.3 Å². The van der Waals surface area contributed by atoms with E-state index in [0.717, 1.165) is 19.2 Å². The number of morpholine rings is 1. The fourth-order valence-electron chi connectivity index (χ4n) is 4.34. The normalized spacial score (nSPS) is 19.2. The van der Waals surface area contributed by atoms with Crippen LogP contribution in [-0.4, -0.2) is 60.2 Å². The van der Waals surface area contributed by atoms with Crippen LogP contribution in [0.1, 0.15) is 27.7 Å². The van der Waals surface area contributed by atoms with Gasteiger partial charge >= 0.3 is 0 Å². The molecule has 31 heavy (non-hydrogen) atoms. The molecule has 0 radical (unpaired) electrons. The molecule has 1 amide bonds. The predicted octanol–water partition coefficient (Wildman–Crippen LogP) is 2.52. The summed E-state index contributed by atoms with van der Waals surface area (Å²) in [5.74, 6) is -0.941. The van der Waals surface area contributed by atoms with Crippen molar-refractivity contribution in [2.24, 2.45) is 0 Å². The Bertz CT molecular complexity index is 1220. The molecule has 1 atom stereocenters. The van der Waals surface area contributed by atoms with Crippen LogP contribution < -0.4 is 5.43 Å². The molecule has 160 valence electrons. The summed E-state index contributed by atoms with van der Waals surface area (Å²) < 4.78 is 25.0. The highest BCUT2D eigenvalue weighted by molar-refractivity contribution is 5.99. The molecule has 0 saturated carbocycles. The molecule has 8 heteroatoms. The van der Waals surface area contributed by atoms with E-state index < -0.39 is 17.3 Å². The lowest BCUT2D eigenvalue weighted by Crippen LogP contribution is -2.42. The Balaban J connectivity index is 1.61. The van der Waals surface area contributed by atoms with E-state index in [2.05, 4.69) is 4.90 Å². The number of fused-ring (bicyclic) bond motifs is 2. The summed E-state index contributed by atoms with van der Waals surface area (Å²) in [6, 6.07) is 9.43. The largest absolute Gasteiger partial charge is 0.508 e. The van der Waals surface area contributed by atoms with Gasteiger partial charge in [0.05, 0.1) is 30.2 Å². The number of phenols is 1. The minimum Gasteiger partial charge on any atom is -0.508 e. The highest BCUT2D eigenvalue weighted by Gasteiger charge is 2.42. The number of halogens is 1. The second kappa shape index (κ2) is 7.79. The monoisotopic (exact) mass is 424 g/mol. The summed E-state index contributed by atoms with van der Waals surface area (Å²) in [6.45, 7) is 3.80. The summed E-state index contributed by atoms with van der Waals surface area (Å²) in [7, 11) is 0. The van der Waals surface area contributed by atoms with Crippen molar-refractivity contribution in [2.45, 2.75) is 6.04 Å². The number of phenolic OH excluding ortho intramolecular Hbond substituents is 1. The average molecular weight is 424 g/mol. The third-order valence-corrected chi connectivity index (χ3v) is 5.87. The fraction of sp³-hybridized carbons (Fsp3) is 0.304. The molecular formula is C23H21FN2O5. The zero-order valence-corrected chi connectivity index (χ0v) is 16.7. The molecule has 2 aliphatic rings. The fourth-order valence-corrected chi connectivity index (χ4v) is 4.34. The molecular weight excluding hydrogens is 403 g/mol.